The minimum absolute atomic E-state index is 0.00434. The number of hydrogen-bond acceptors (Lipinski definition) is 5. The summed E-state index contributed by atoms with van der Waals surface area (Å²) in [6.45, 7) is 4.30. The van der Waals surface area contributed by atoms with Crippen LogP contribution in [0.3, 0.4) is 0 Å². The average Bonchev–Trinajstić information content (AvgIpc) is 3.16. The van der Waals surface area contributed by atoms with Gasteiger partial charge in [-0.2, -0.15) is 0 Å². The van der Waals surface area contributed by atoms with Crippen LogP contribution >= 0.6 is 27.7 Å². The van der Waals surface area contributed by atoms with Crippen molar-refractivity contribution in [1.82, 2.24) is 15.5 Å². The molecule has 0 saturated heterocycles. The minimum Gasteiger partial charge on any atom is -0.411 e. The molecule has 0 aliphatic carbocycles. The summed E-state index contributed by atoms with van der Waals surface area (Å²) in [7, 11) is 0. The Morgan fingerprint density at radius 3 is 2.50 bits per heavy atom. The molecule has 146 valence electrons. The van der Waals surface area contributed by atoms with Gasteiger partial charge >= 0.3 is 0 Å². The van der Waals surface area contributed by atoms with E-state index in [0.29, 0.717) is 17.0 Å². The highest BCUT2D eigenvalue weighted by molar-refractivity contribution is 9.10. The van der Waals surface area contributed by atoms with Crippen LogP contribution in [0.15, 0.2) is 68.7 Å². The number of thioether (sulfide) groups is 1. The standard InChI is InChI=1S/C21H22BrN3O2S/c1-14(2)12-18(15-6-4-3-5-7-15)23-19(26)13-28-21-25-24-20(27-21)16-8-10-17(22)11-9-16/h3-11,14,18H,12-13H2,1-2H3,(H,23,26). The normalized spacial score (nSPS) is 12.1. The fourth-order valence-corrected chi connectivity index (χ4v) is 3.61. The number of amides is 1. The van der Waals surface area contributed by atoms with Crippen LogP contribution < -0.4 is 5.32 Å². The van der Waals surface area contributed by atoms with Crippen LogP contribution in [0.4, 0.5) is 0 Å². The lowest BCUT2D eigenvalue weighted by Gasteiger charge is -2.21. The zero-order valence-corrected chi connectivity index (χ0v) is 18.2. The SMILES string of the molecule is CC(C)CC(NC(=O)CSc1nnc(-c2ccc(Br)cc2)o1)c1ccccc1. The third-order valence-corrected chi connectivity index (χ3v) is 5.42. The molecule has 7 heteroatoms. The van der Waals surface area contributed by atoms with Gasteiger partial charge in [-0.15, -0.1) is 10.2 Å². The molecule has 0 saturated carbocycles. The molecule has 3 aromatic rings. The second kappa shape index (κ2) is 9.89. The zero-order chi connectivity index (χ0) is 19.9. The van der Waals surface area contributed by atoms with Gasteiger partial charge in [0.25, 0.3) is 5.22 Å². The van der Waals surface area contributed by atoms with Gasteiger partial charge in [-0.05, 0) is 42.2 Å². The first-order valence-corrected chi connectivity index (χ1v) is 10.9. The van der Waals surface area contributed by atoms with E-state index in [9.17, 15) is 4.79 Å². The van der Waals surface area contributed by atoms with E-state index in [1.165, 1.54) is 11.8 Å². The number of nitrogens with zero attached hydrogens (tertiary/aromatic N) is 2. The van der Waals surface area contributed by atoms with E-state index in [1.807, 2.05) is 54.6 Å². The van der Waals surface area contributed by atoms with Gasteiger partial charge in [-0.25, -0.2) is 0 Å². The Hall–Kier alpha value is -2.12. The molecule has 5 nitrogen and oxygen atoms in total. The van der Waals surface area contributed by atoms with Gasteiger partial charge in [0, 0.05) is 10.0 Å². The van der Waals surface area contributed by atoms with E-state index < -0.39 is 0 Å². The van der Waals surface area contributed by atoms with Crippen LogP contribution in [0.5, 0.6) is 0 Å². The Morgan fingerprint density at radius 1 is 1.11 bits per heavy atom. The molecule has 1 unspecified atom stereocenters. The number of benzene rings is 2. The molecule has 0 radical (unpaired) electrons. The first-order chi connectivity index (χ1) is 13.5. The van der Waals surface area contributed by atoms with Crippen LogP contribution in [0.25, 0.3) is 11.5 Å². The maximum absolute atomic E-state index is 12.5. The number of carbonyl (C=O) groups is 1. The van der Waals surface area contributed by atoms with E-state index in [2.05, 4.69) is 45.3 Å². The Kier molecular flexibility index (Phi) is 7.28. The molecule has 0 bridgehead atoms. The van der Waals surface area contributed by atoms with E-state index in [-0.39, 0.29) is 17.7 Å². The molecule has 0 spiro atoms. The molecule has 1 atom stereocenters. The predicted octanol–water partition coefficient (Wildman–Crippen LogP) is 5.49. The van der Waals surface area contributed by atoms with Crippen molar-refractivity contribution in [3.8, 4) is 11.5 Å². The molecular formula is C21H22BrN3O2S. The van der Waals surface area contributed by atoms with Gasteiger partial charge in [0.05, 0.1) is 11.8 Å². The molecule has 28 heavy (non-hydrogen) atoms. The quantitative estimate of drug-likeness (QED) is 0.450. The van der Waals surface area contributed by atoms with Crippen molar-refractivity contribution in [2.24, 2.45) is 5.92 Å². The van der Waals surface area contributed by atoms with Gasteiger partial charge in [0.1, 0.15) is 0 Å². The smallest absolute Gasteiger partial charge is 0.277 e. The average molecular weight is 460 g/mol. The predicted molar refractivity (Wildman–Crippen MR) is 115 cm³/mol. The number of rotatable bonds is 8. The van der Waals surface area contributed by atoms with Crippen molar-refractivity contribution in [2.45, 2.75) is 31.5 Å². The lowest BCUT2D eigenvalue weighted by atomic mass is 9.97. The van der Waals surface area contributed by atoms with Gasteiger partial charge in [0.15, 0.2) is 0 Å². The van der Waals surface area contributed by atoms with E-state index >= 15 is 0 Å². The van der Waals surface area contributed by atoms with Gasteiger partial charge in [-0.1, -0.05) is 71.9 Å². The Balaban J connectivity index is 1.58. The molecule has 1 heterocycles. The first kappa shape index (κ1) is 20.6. The van der Waals surface area contributed by atoms with Crippen molar-refractivity contribution >= 4 is 33.6 Å². The lowest BCUT2D eigenvalue weighted by Crippen LogP contribution is -2.30. The number of hydrogen-bond donors (Lipinski definition) is 1. The third-order valence-electron chi connectivity index (χ3n) is 4.07. The van der Waals surface area contributed by atoms with Crippen LogP contribution in [0.2, 0.25) is 0 Å². The molecule has 1 N–H and O–H groups in total. The first-order valence-electron chi connectivity index (χ1n) is 9.08. The highest BCUT2D eigenvalue weighted by atomic mass is 79.9. The third kappa shape index (κ3) is 5.94. The van der Waals surface area contributed by atoms with Crippen LogP contribution in [-0.4, -0.2) is 21.9 Å². The maximum atomic E-state index is 12.5. The van der Waals surface area contributed by atoms with Crippen molar-refractivity contribution in [1.29, 1.82) is 0 Å². The number of carbonyl (C=O) groups excluding carboxylic acids is 1. The highest BCUT2D eigenvalue weighted by Crippen LogP contribution is 2.25. The lowest BCUT2D eigenvalue weighted by molar-refractivity contribution is -0.119. The van der Waals surface area contributed by atoms with Gasteiger partial charge < -0.3 is 9.73 Å². The summed E-state index contributed by atoms with van der Waals surface area (Å²) in [6, 6.07) is 17.7. The summed E-state index contributed by atoms with van der Waals surface area (Å²) in [6.07, 6.45) is 0.884. The fraction of sp³-hybridized carbons (Fsp3) is 0.286. The molecule has 0 aliphatic rings. The van der Waals surface area contributed by atoms with Crippen molar-refractivity contribution in [2.75, 3.05) is 5.75 Å². The molecule has 1 amide bonds. The summed E-state index contributed by atoms with van der Waals surface area (Å²) in [5, 5.41) is 11.6. The summed E-state index contributed by atoms with van der Waals surface area (Å²) in [4.78, 5) is 12.5. The van der Waals surface area contributed by atoms with E-state index in [1.54, 1.807) is 0 Å². The molecule has 3 rings (SSSR count). The summed E-state index contributed by atoms with van der Waals surface area (Å²) in [5.41, 5.74) is 1.96. The second-order valence-corrected chi connectivity index (χ2v) is 8.67. The topological polar surface area (TPSA) is 68.0 Å². The molecular weight excluding hydrogens is 438 g/mol. The maximum Gasteiger partial charge on any atom is 0.277 e. The zero-order valence-electron chi connectivity index (χ0n) is 15.8. The molecule has 2 aromatic carbocycles. The molecule has 1 aromatic heterocycles. The van der Waals surface area contributed by atoms with E-state index in [0.717, 1.165) is 22.0 Å². The van der Waals surface area contributed by atoms with Crippen molar-refractivity contribution in [3.05, 3.63) is 64.6 Å². The number of aromatic nitrogens is 2. The summed E-state index contributed by atoms with van der Waals surface area (Å²) >= 11 is 4.64. The van der Waals surface area contributed by atoms with Crippen LogP contribution in [0, 0.1) is 5.92 Å². The number of halogens is 1. The summed E-state index contributed by atoms with van der Waals surface area (Å²) in [5.74, 6) is 1.09. The molecule has 0 fully saturated rings. The van der Waals surface area contributed by atoms with Gasteiger partial charge in [0.2, 0.25) is 11.8 Å². The summed E-state index contributed by atoms with van der Waals surface area (Å²) < 4.78 is 6.64. The van der Waals surface area contributed by atoms with Crippen molar-refractivity contribution in [3.63, 3.8) is 0 Å². The van der Waals surface area contributed by atoms with Crippen LogP contribution in [0.1, 0.15) is 31.9 Å². The van der Waals surface area contributed by atoms with Crippen molar-refractivity contribution < 1.29 is 9.21 Å². The van der Waals surface area contributed by atoms with Crippen LogP contribution in [-0.2, 0) is 4.79 Å². The number of nitrogens with one attached hydrogen (secondary N) is 1. The minimum atomic E-state index is -0.0529. The molecule has 0 aliphatic heterocycles. The Morgan fingerprint density at radius 2 is 1.82 bits per heavy atom. The largest absolute Gasteiger partial charge is 0.411 e. The monoisotopic (exact) mass is 459 g/mol. The van der Waals surface area contributed by atoms with Gasteiger partial charge in [-0.3, -0.25) is 4.79 Å². The Labute approximate surface area is 177 Å². The second-order valence-electron chi connectivity index (χ2n) is 6.83. The Bertz CT molecular complexity index is 898. The fourth-order valence-electron chi connectivity index (χ4n) is 2.78. The van der Waals surface area contributed by atoms with E-state index in [4.69, 9.17) is 4.42 Å². The highest BCUT2D eigenvalue weighted by Gasteiger charge is 2.17.